The van der Waals surface area contributed by atoms with Gasteiger partial charge in [-0.1, -0.05) is 48.8 Å². The molecule has 0 aliphatic rings. The maximum Gasteiger partial charge on any atom is 0.418 e. The molecule has 7 heteroatoms. The van der Waals surface area contributed by atoms with Crippen LogP contribution in [0.2, 0.25) is 0 Å². The van der Waals surface area contributed by atoms with Gasteiger partial charge in [-0.05, 0) is 6.92 Å². The second-order valence-corrected chi connectivity index (χ2v) is 3.26. The van der Waals surface area contributed by atoms with Crippen molar-refractivity contribution < 1.29 is 13.2 Å². The average Bonchev–Trinajstić information content (AvgIpc) is 1.59. The highest BCUT2D eigenvalue weighted by Gasteiger charge is 2.36. The Balaban J connectivity index is -0.0000000347. The van der Waals surface area contributed by atoms with Crippen LogP contribution >= 0.6 is 47.2 Å². The fourth-order valence-electron chi connectivity index (χ4n) is 0. The summed E-state index contributed by atoms with van der Waals surface area (Å²) in [6.45, 7) is 5.06. The molecule has 0 amide bonds. The fraction of sp³-hybridized carbons (Fsp3) is 0.571. The number of allylic oxidation sites excluding steroid dienone is 1. The monoisotopic (exact) mass is 295 g/mol. The van der Waals surface area contributed by atoms with Crippen LogP contribution in [-0.4, -0.2) is 11.0 Å². The van der Waals surface area contributed by atoms with E-state index >= 15 is 0 Å². The first-order chi connectivity index (χ1) is 4.68. The van der Waals surface area contributed by atoms with Gasteiger partial charge in [0.25, 0.3) is 0 Å². The summed E-state index contributed by atoms with van der Waals surface area (Å²) in [6, 6.07) is 0. The van der Waals surface area contributed by atoms with E-state index in [1.165, 1.54) is 0 Å². The molecule has 0 aromatic heterocycles. The van der Waals surface area contributed by atoms with Crippen molar-refractivity contribution in [1.29, 1.82) is 0 Å². The first-order valence-electron chi connectivity index (χ1n) is 2.33. The van der Waals surface area contributed by atoms with E-state index in [9.17, 15) is 13.2 Å². The van der Waals surface area contributed by atoms with Gasteiger partial charge in [-0.3, -0.25) is 0 Å². The Kier molecular flexibility index (Phi) is 28.4. The highest BCUT2D eigenvalue weighted by molar-refractivity contribution is 6.44. The van der Waals surface area contributed by atoms with Gasteiger partial charge in [-0.25, -0.2) is 0 Å². The molecule has 0 aromatic carbocycles. The van der Waals surface area contributed by atoms with Crippen LogP contribution in [-0.2, 0) is 0 Å². The van der Waals surface area contributed by atoms with Crippen LogP contribution in [0.5, 0.6) is 0 Å². The highest BCUT2D eigenvalue weighted by atomic mass is 35.5. The third kappa shape index (κ3) is 39.0. The van der Waals surface area contributed by atoms with Gasteiger partial charge in [0, 0.05) is 12.5 Å². The summed E-state index contributed by atoms with van der Waals surface area (Å²) in [6.07, 6.45) is -4.47. The molecular formula is C7H14Cl4F3+. The quantitative estimate of drug-likeness (QED) is 0.402. The molecular weight excluding hydrogens is 283 g/mol. The zero-order valence-corrected chi connectivity index (χ0v) is 10.0. The smallest absolute Gasteiger partial charge is 0.168 e. The normalized spacial score (nSPS) is 8.29. The summed E-state index contributed by atoms with van der Waals surface area (Å²) in [7, 11) is 0. The molecule has 0 nitrogen and oxygen atoms in total. The fourth-order valence-corrected chi connectivity index (χ4v) is 0. The van der Waals surface area contributed by atoms with Crippen LogP contribution in [0.4, 0.5) is 13.2 Å². The molecule has 0 saturated carbocycles. The van der Waals surface area contributed by atoms with Gasteiger partial charge in [-0.15, -0.1) is 12.4 Å². The van der Waals surface area contributed by atoms with Crippen molar-refractivity contribution in [2.75, 3.05) is 0 Å². The van der Waals surface area contributed by atoms with Crippen LogP contribution < -0.4 is 0 Å². The van der Waals surface area contributed by atoms with Crippen LogP contribution in [0.15, 0.2) is 11.6 Å². The predicted molar refractivity (Wildman–Crippen MR) is 62.6 cm³/mol. The summed E-state index contributed by atoms with van der Waals surface area (Å²) < 4.78 is 32.7. The van der Waals surface area contributed by atoms with Crippen molar-refractivity contribution in [3.63, 3.8) is 0 Å². The van der Waals surface area contributed by atoms with Crippen LogP contribution in [0.25, 0.3) is 0 Å². The van der Waals surface area contributed by atoms with E-state index in [4.69, 9.17) is 11.6 Å². The maximum absolute atomic E-state index is 10.9. The molecule has 0 bridgehead atoms. The van der Waals surface area contributed by atoms with Gasteiger partial charge in [0.15, 0.2) is 0 Å². The number of hydrogen-bond donors (Lipinski definition) is 0. The Labute approximate surface area is 105 Å². The van der Waals surface area contributed by atoms with E-state index in [1.807, 2.05) is 0 Å². The van der Waals surface area contributed by atoms with Gasteiger partial charge >= 0.3 is 6.18 Å². The largest absolute Gasteiger partial charge is 0.418 e. The van der Waals surface area contributed by atoms with E-state index in [0.29, 0.717) is 5.03 Å². The summed E-state index contributed by atoms with van der Waals surface area (Å²) in [5.74, 6) is 0. The minimum absolute atomic E-state index is 0. The number of alkyl halides is 5. The summed E-state index contributed by atoms with van der Waals surface area (Å²) >= 11 is 13.9. The minimum atomic E-state index is -4.47. The van der Waals surface area contributed by atoms with E-state index < -0.39 is 11.0 Å². The SMILES string of the molecule is C.C=C(C)Cl.Cl.FC(F)(F)C(Cl)Cl.[CH3+]. The van der Waals surface area contributed by atoms with Gasteiger partial charge < -0.3 is 0 Å². The second-order valence-electron chi connectivity index (χ2n) is 1.52. The lowest BCUT2D eigenvalue weighted by atomic mass is 10.8. The van der Waals surface area contributed by atoms with Crippen molar-refractivity contribution in [1.82, 2.24) is 0 Å². The predicted octanol–water partition coefficient (Wildman–Crippen LogP) is 5.62. The van der Waals surface area contributed by atoms with Crippen molar-refractivity contribution >= 4 is 47.2 Å². The summed E-state index contributed by atoms with van der Waals surface area (Å²) in [4.78, 5) is -2.26. The third-order valence-electron chi connectivity index (χ3n) is 0.247. The molecule has 0 spiro atoms. The Morgan fingerprint density at radius 2 is 1.36 bits per heavy atom. The van der Waals surface area contributed by atoms with E-state index in [2.05, 4.69) is 29.8 Å². The Hall–Kier alpha value is 0.560. The molecule has 0 aromatic rings. The standard InChI is InChI=1S/C3H5Cl.C2HCl2F3.CH4.CH3.ClH/c1-3(2)4;3-1(4)2(5,6)7;;;/h1H2,2H3;1H;1H4;1H3;1H/q;;;+1;. The summed E-state index contributed by atoms with van der Waals surface area (Å²) in [5.41, 5.74) is 0. The first-order valence-corrected chi connectivity index (χ1v) is 3.59. The van der Waals surface area contributed by atoms with Gasteiger partial charge in [0.2, 0.25) is 4.84 Å². The molecule has 0 atom stereocenters. The van der Waals surface area contributed by atoms with Crippen LogP contribution in [0, 0.1) is 7.43 Å². The molecule has 90 valence electrons. The topological polar surface area (TPSA) is 0 Å². The van der Waals surface area contributed by atoms with Crippen LogP contribution in [0.3, 0.4) is 0 Å². The number of rotatable bonds is 0. The molecule has 0 aliphatic carbocycles. The molecule has 0 fully saturated rings. The molecule has 14 heavy (non-hydrogen) atoms. The van der Waals surface area contributed by atoms with Gasteiger partial charge in [0.05, 0.1) is 0 Å². The van der Waals surface area contributed by atoms with Crippen LogP contribution in [0.1, 0.15) is 14.4 Å². The minimum Gasteiger partial charge on any atom is -0.168 e. The lowest BCUT2D eigenvalue weighted by Crippen LogP contribution is -2.16. The molecule has 0 aliphatic heterocycles. The lowest BCUT2D eigenvalue weighted by molar-refractivity contribution is -0.115. The van der Waals surface area contributed by atoms with E-state index in [0.717, 1.165) is 0 Å². The van der Waals surface area contributed by atoms with Crippen molar-refractivity contribution in [2.45, 2.75) is 25.4 Å². The van der Waals surface area contributed by atoms with Gasteiger partial charge in [-0.2, -0.15) is 13.2 Å². The maximum atomic E-state index is 10.9. The van der Waals surface area contributed by atoms with Gasteiger partial charge in [0.1, 0.15) is 0 Å². The Morgan fingerprint density at radius 3 is 1.36 bits per heavy atom. The zero-order valence-electron chi connectivity index (χ0n) is 6.96. The zero-order chi connectivity index (χ0) is 9.65. The number of halogens is 7. The summed E-state index contributed by atoms with van der Waals surface area (Å²) in [5, 5.41) is 0.639. The second kappa shape index (κ2) is 13.6. The molecule has 0 rings (SSSR count). The van der Waals surface area contributed by atoms with Crippen molar-refractivity contribution in [2.24, 2.45) is 0 Å². The average molecular weight is 297 g/mol. The highest BCUT2D eigenvalue weighted by Crippen LogP contribution is 2.26. The van der Waals surface area contributed by atoms with Crippen molar-refractivity contribution in [3.8, 4) is 0 Å². The Bertz CT molecular complexity index is 119. The molecule has 0 unspecified atom stereocenters. The molecule has 0 radical (unpaired) electrons. The molecule has 0 heterocycles. The van der Waals surface area contributed by atoms with E-state index in [-0.39, 0.29) is 27.3 Å². The third-order valence-corrected chi connectivity index (χ3v) is 0.742. The number of hydrogen-bond acceptors (Lipinski definition) is 0. The lowest BCUT2D eigenvalue weighted by Gasteiger charge is -2.03. The Morgan fingerprint density at radius 1 is 1.29 bits per heavy atom. The van der Waals surface area contributed by atoms with E-state index in [1.54, 1.807) is 6.92 Å². The molecule has 0 N–H and O–H groups in total. The molecule has 0 saturated heterocycles. The van der Waals surface area contributed by atoms with Crippen molar-refractivity contribution in [3.05, 3.63) is 19.0 Å². The first kappa shape index (κ1) is 29.3.